The third-order valence-electron chi connectivity index (χ3n) is 2.41. The first-order chi connectivity index (χ1) is 8.02. The Morgan fingerprint density at radius 1 is 1.59 bits per heavy atom. The van der Waals surface area contributed by atoms with Gasteiger partial charge in [-0.3, -0.25) is 9.78 Å². The SMILES string of the molecule is CSCC[C@](N)(C(=O)O)C(=O)c1cccnc1. The second-order valence-corrected chi connectivity index (χ2v) is 4.58. The number of thioether (sulfide) groups is 1. The van der Waals surface area contributed by atoms with Crippen molar-refractivity contribution in [1.82, 2.24) is 4.98 Å². The summed E-state index contributed by atoms with van der Waals surface area (Å²) in [5, 5.41) is 9.12. The lowest BCUT2D eigenvalue weighted by Crippen LogP contribution is -2.55. The van der Waals surface area contributed by atoms with Gasteiger partial charge in [0.25, 0.3) is 0 Å². The lowest BCUT2D eigenvalue weighted by molar-refractivity contribution is -0.141. The van der Waals surface area contributed by atoms with Gasteiger partial charge in [-0.2, -0.15) is 11.8 Å². The molecule has 0 aliphatic rings. The molecule has 0 saturated carbocycles. The molecule has 0 amide bonds. The third-order valence-corrected chi connectivity index (χ3v) is 3.02. The number of aliphatic carboxylic acids is 1. The third kappa shape index (κ3) is 3.04. The fraction of sp³-hybridized carbons (Fsp3) is 0.364. The fourth-order valence-corrected chi connectivity index (χ4v) is 1.86. The number of carbonyl (C=O) groups excluding carboxylic acids is 1. The van der Waals surface area contributed by atoms with Crippen molar-refractivity contribution in [3.8, 4) is 0 Å². The van der Waals surface area contributed by atoms with Gasteiger partial charge in [-0.25, -0.2) is 4.79 Å². The number of pyridine rings is 1. The van der Waals surface area contributed by atoms with Crippen molar-refractivity contribution < 1.29 is 14.7 Å². The van der Waals surface area contributed by atoms with Crippen LogP contribution in [-0.4, -0.2) is 39.4 Å². The van der Waals surface area contributed by atoms with E-state index in [1.54, 1.807) is 6.07 Å². The topological polar surface area (TPSA) is 93.3 Å². The number of carbonyl (C=O) groups is 2. The lowest BCUT2D eigenvalue weighted by atomic mass is 9.88. The van der Waals surface area contributed by atoms with E-state index in [4.69, 9.17) is 10.8 Å². The molecule has 1 atom stereocenters. The van der Waals surface area contributed by atoms with Crippen molar-refractivity contribution >= 4 is 23.5 Å². The van der Waals surface area contributed by atoms with Gasteiger partial charge in [0, 0.05) is 18.0 Å². The molecule has 0 spiro atoms. The first-order valence-electron chi connectivity index (χ1n) is 4.98. The van der Waals surface area contributed by atoms with Gasteiger partial charge in [-0.1, -0.05) is 0 Å². The van der Waals surface area contributed by atoms with Crippen LogP contribution in [0.1, 0.15) is 16.8 Å². The molecular formula is C11H14N2O3S. The van der Waals surface area contributed by atoms with Crippen molar-refractivity contribution in [1.29, 1.82) is 0 Å². The summed E-state index contributed by atoms with van der Waals surface area (Å²) in [6.07, 6.45) is 4.76. The summed E-state index contributed by atoms with van der Waals surface area (Å²) < 4.78 is 0. The highest BCUT2D eigenvalue weighted by Crippen LogP contribution is 2.17. The molecule has 0 bridgehead atoms. The normalized spacial score (nSPS) is 14.0. The van der Waals surface area contributed by atoms with E-state index in [0.29, 0.717) is 5.75 Å². The van der Waals surface area contributed by atoms with Crippen LogP contribution in [0.15, 0.2) is 24.5 Å². The van der Waals surface area contributed by atoms with E-state index in [-0.39, 0.29) is 12.0 Å². The maximum atomic E-state index is 12.1. The summed E-state index contributed by atoms with van der Waals surface area (Å²) >= 11 is 1.45. The monoisotopic (exact) mass is 254 g/mol. The molecule has 1 rings (SSSR count). The number of nitrogens with zero attached hydrogens (tertiary/aromatic N) is 1. The first-order valence-corrected chi connectivity index (χ1v) is 6.38. The Hall–Kier alpha value is -1.40. The molecule has 3 N–H and O–H groups in total. The van der Waals surface area contributed by atoms with E-state index in [0.717, 1.165) is 0 Å². The molecule has 1 aromatic heterocycles. The zero-order valence-electron chi connectivity index (χ0n) is 9.42. The van der Waals surface area contributed by atoms with Crippen LogP contribution in [0.3, 0.4) is 0 Å². The maximum absolute atomic E-state index is 12.1. The molecule has 5 nitrogen and oxygen atoms in total. The number of ketones is 1. The molecular weight excluding hydrogens is 240 g/mol. The molecule has 17 heavy (non-hydrogen) atoms. The van der Waals surface area contributed by atoms with Gasteiger partial charge < -0.3 is 10.8 Å². The highest BCUT2D eigenvalue weighted by molar-refractivity contribution is 7.98. The Labute approximate surface area is 103 Å². The minimum Gasteiger partial charge on any atom is -0.480 e. The van der Waals surface area contributed by atoms with Crippen LogP contribution in [-0.2, 0) is 4.79 Å². The molecule has 0 aliphatic carbocycles. The van der Waals surface area contributed by atoms with Crippen molar-refractivity contribution in [2.75, 3.05) is 12.0 Å². The number of hydrogen-bond acceptors (Lipinski definition) is 5. The molecule has 1 aromatic rings. The summed E-state index contributed by atoms with van der Waals surface area (Å²) in [6.45, 7) is 0. The zero-order chi connectivity index (χ0) is 12.9. The summed E-state index contributed by atoms with van der Waals surface area (Å²) in [4.78, 5) is 27.0. The van der Waals surface area contributed by atoms with Gasteiger partial charge in [0.15, 0.2) is 11.3 Å². The van der Waals surface area contributed by atoms with Crippen LogP contribution in [0, 0.1) is 0 Å². The Balaban J connectivity index is 2.99. The molecule has 0 saturated heterocycles. The largest absolute Gasteiger partial charge is 0.480 e. The van der Waals surface area contributed by atoms with Crippen LogP contribution in [0.4, 0.5) is 0 Å². The lowest BCUT2D eigenvalue weighted by Gasteiger charge is -2.22. The van der Waals surface area contributed by atoms with Crippen LogP contribution < -0.4 is 5.73 Å². The zero-order valence-corrected chi connectivity index (χ0v) is 10.2. The molecule has 0 radical (unpaired) electrons. The van der Waals surface area contributed by atoms with Gasteiger partial charge in [0.2, 0.25) is 0 Å². The molecule has 1 heterocycles. The molecule has 0 fully saturated rings. The fourth-order valence-electron chi connectivity index (χ4n) is 1.34. The summed E-state index contributed by atoms with van der Waals surface area (Å²) in [5.74, 6) is -1.40. The second-order valence-electron chi connectivity index (χ2n) is 3.59. The van der Waals surface area contributed by atoms with E-state index in [1.807, 2.05) is 6.26 Å². The second kappa shape index (κ2) is 5.79. The average molecular weight is 254 g/mol. The maximum Gasteiger partial charge on any atom is 0.331 e. The van der Waals surface area contributed by atoms with E-state index >= 15 is 0 Å². The summed E-state index contributed by atoms with van der Waals surface area (Å²) in [7, 11) is 0. The van der Waals surface area contributed by atoms with E-state index in [1.165, 1.54) is 30.2 Å². The first kappa shape index (κ1) is 13.7. The highest BCUT2D eigenvalue weighted by Gasteiger charge is 2.42. The summed E-state index contributed by atoms with van der Waals surface area (Å²) in [6, 6.07) is 3.09. The van der Waals surface area contributed by atoms with Gasteiger partial charge in [0.05, 0.1) is 0 Å². The van der Waals surface area contributed by atoms with Crippen LogP contribution in [0.25, 0.3) is 0 Å². The van der Waals surface area contributed by atoms with Crippen LogP contribution in [0.2, 0.25) is 0 Å². The number of nitrogens with two attached hydrogens (primary N) is 1. The Kier molecular flexibility index (Phi) is 4.65. The van der Waals surface area contributed by atoms with Crippen molar-refractivity contribution in [3.63, 3.8) is 0 Å². The van der Waals surface area contributed by atoms with Crippen LogP contribution in [0.5, 0.6) is 0 Å². The smallest absolute Gasteiger partial charge is 0.331 e. The molecule has 6 heteroatoms. The van der Waals surface area contributed by atoms with E-state index in [9.17, 15) is 9.59 Å². The van der Waals surface area contributed by atoms with E-state index in [2.05, 4.69) is 4.98 Å². The predicted octanol–water partition coefficient (Wildman–Crippen LogP) is 0.799. The van der Waals surface area contributed by atoms with Crippen LogP contribution >= 0.6 is 11.8 Å². The van der Waals surface area contributed by atoms with E-state index < -0.39 is 17.3 Å². The quantitative estimate of drug-likeness (QED) is 0.576. The number of hydrogen-bond donors (Lipinski definition) is 2. The van der Waals surface area contributed by atoms with Gasteiger partial charge >= 0.3 is 5.97 Å². The average Bonchev–Trinajstić information content (AvgIpc) is 2.35. The Morgan fingerprint density at radius 3 is 2.76 bits per heavy atom. The molecule has 0 aliphatic heterocycles. The Bertz CT molecular complexity index is 410. The minimum atomic E-state index is -1.87. The van der Waals surface area contributed by atoms with Crippen molar-refractivity contribution in [2.24, 2.45) is 5.73 Å². The van der Waals surface area contributed by atoms with Gasteiger partial charge in [0.1, 0.15) is 0 Å². The highest BCUT2D eigenvalue weighted by atomic mass is 32.2. The number of aromatic nitrogens is 1. The Morgan fingerprint density at radius 2 is 2.29 bits per heavy atom. The van der Waals surface area contributed by atoms with Gasteiger partial charge in [-0.15, -0.1) is 0 Å². The minimum absolute atomic E-state index is 0.0945. The van der Waals surface area contributed by atoms with Crippen molar-refractivity contribution in [2.45, 2.75) is 12.0 Å². The van der Waals surface area contributed by atoms with Gasteiger partial charge in [-0.05, 0) is 30.6 Å². The number of rotatable bonds is 6. The molecule has 92 valence electrons. The number of Topliss-reactive ketones (excluding diaryl/α,β-unsaturated/α-hetero) is 1. The number of carboxylic acid groups (broad SMARTS) is 1. The molecule has 0 unspecified atom stereocenters. The molecule has 0 aromatic carbocycles. The van der Waals surface area contributed by atoms with Crippen molar-refractivity contribution in [3.05, 3.63) is 30.1 Å². The standard InChI is InChI=1S/C11H14N2O3S/c1-17-6-4-11(12,10(15)16)9(14)8-3-2-5-13-7-8/h2-3,5,7H,4,6,12H2,1H3,(H,15,16)/t11-/m1/s1. The summed E-state index contributed by atoms with van der Waals surface area (Å²) in [5.41, 5.74) is 4.06. The number of carboxylic acids is 1. The predicted molar refractivity (Wildman–Crippen MR) is 66.1 cm³/mol.